The molecule has 1 aromatic rings. The molecule has 7 nitrogen and oxygen atoms in total. The Hall–Kier alpha value is -1.92. The number of carbonyl (C=O) groups excluding carboxylic acids is 1. The van der Waals surface area contributed by atoms with Crippen LogP contribution in [0, 0.1) is 5.92 Å². The molecule has 126 valence electrons. The molecule has 1 N–H and O–H groups in total. The third-order valence-corrected chi connectivity index (χ3v) is 4.88. The van der Waals surface area contributed by atoms with Gasteiger partial charge < -0.3 is 14.5 Å². The summed E-state index contributed by atoms with van der Waals surface area (Å²) in [5.41, 5.74) is 0. The summed E-state index contributed by atoms with van der Waals surface area (Å²) in [7, 11) is 0. The molecule has 1 amide bonds. The molecule has 0 spiro atoms. The van der Waals surface area contributed by atoms with Crippen molar-refractivity contribution < 1.29 is 19.2 Å². The van der Waals surface area contributed by atoms with Crippen molar-refractivity contribution in [3.63, 3.8) is 0 Å². The molecule has 3 rings (SSSR count). The van der Waals surface area contributed by atoms with Gasteiger partial charge >= 0.3 is 5.97 Å². The summed E-state index contributed by atoms with van der Waals surface area (Å²) < 4.78 is 5.25. The normalized spacial score (nSPS) is 22.4. The molecular formula is C16H23N3O4. The van der Waals surface area contributed by atoms with Gasteiger partial charge in [0.2, 0.25) is 11.8 Å². The zero-order chi connectivity index (χ0) is 16.2. The van der Waals surface area contributed by atoms with Crippen LogP contribution in [0.5, 0.6) is 0 Å². The number of carboxylic acids is 1. The summed E-state index contributed by atoms with van der Waals surface area (Å²) in [6, 6.07) is 0. The van der Waals surface area contributed by atoms with Gasteiger partial charge in [-0.2, -0.15) is 4.98 Å². The standard InChI is InChI=1S/C16H23N3O4/c20-14(19-9-3-6-12(10-19)16(21)22)8-7-13-17-15(18-23-13)11-4-1-2-5-11/h11-12H,1-10H2,(H,21,22)/t12-/m0/s1. The van der Waals surface area contributed by atoms with Crippen LogP contribution in [0.2, 0.25) is 0 Å². The van der Waals surface area contributed by atoms with Crippen molar-refractivity contribution in [2.75, 3.05) is 13.1 Å². The van der Waals surface area contributed by atoms with E-state index in [-0.39, 0.29) is 5.91 Å². The van der Waals surface area contributed by atoms with E-state index in [0.717, 1.165) is 25.1 Å². The smallest absolute Gasteiger partial charge is 0.308 e. The number of aryl methyl sites for hydroxylation is 1. The molecule has 1 aliphatic heterocycles. The SMILES string of the molecule is O=C(O)[C@H]1CCCN(C(=O)CCc2nc(C3CCCC3)no2)C1. The number of hydrogen-bond acceptors (Lipinski definition) is 5. The maximum Gasteiger partial charge on any atom is 0.308 e. The molecule has 0 unspecified atom stereocenters. The zero-order valence-corrected chi connectivity index (χ0v) is 13.2. The molecule has 2 aliphatic rings. The highest BCUT2D eigenvalue weighted by molar-refractivity contribution is 5.78. The summed E-state index contributed by atoms with van der Waals surface area (Å²) in [6.45, 7) is 0.949. The van der Waals surface area contributed by atoms with Crippen molar-refractivity contribution in [1.82, 2.24) is 15.0 Å². The number of likely N-dealkylation sites (tertiary alicyclic amines) is 1. The van der Waals surface area contributed by atoms with Crippen molar-refractivity contribution in [2.24, 2.45) is 5.92 Å². The first kappa shape index (κ1) is 16.0. The molecule has 0 bridgehead atoms. The molecule has 2 heterocycles. The zero-order valence-electron chi connectivity index (χ0n) is 13.2. The number of rotatable bonds is 5. The lowest BCUT2D eigenvalue weighted by atomic mass is 9.98. The predicted molar refractivity (Wildman–Crippen MR) is 80.8 cm³/mol. The Bertz CT molecular complexity index is 565. The quantitative estimate of drug-likeness (QED) is 0.890. The van der Waals surface area contributed by atoms with Gasteiger partial charge in [-0.25, -0.2) is 0 Å². The van der Waals surface area contributed by atoms with Gasteiger partial charge in [-0.05, 0) is 25.7 Å². The summed E-state index contributed by atoms with van der Waals surface area (Å²) in [5, 5.41) is 13.1. The number of piperidine rings is 1. The van der Waals surface area contributed by atoms with Crippen LogP contribution in [0.15, 0.2) is 4.52 Å². The molecule has 7 heteroatoms. The van der Waals surface area contributed by atoms with E-state index in [0.29, 0.717) is 44.2 Å². The number of amides is 1. The fraction of sp³-hybridized carbons (Fsp3) is 0.750. The Morgan fingerprint density at radius 3 is 2.74 bits per heavy atom. The van der Waals surface area contributed by atoms with Crippen molar-refractivity contribution in [2.45, 2.75) is 57.3 Å². The highest BCUT2D eigenvalue weighted by Gasteiger charge is 2.28. The maximum absolute atomic E-state index is 12.2. The van der Waals surface area contributed by atoms with Crippen LogP contribution in [0.1, 0.15) is 62.6 Å². The van der Waals surface area contributed by atoms with Gasteiger partial charge in [0, 0.05) is 31.8 Å². The van der Waals surface area contributed by atoms with E-state index >= 15 is 0 Å². The first-order chi connectivity index (χ1) is 11.1. The Morgan fingerprint density at radius 2 is 2.00 bits per heavy atom. The van der Waals surface area contributed by atoms with E-state index in [1.54, 1.807) is 4.90 Å². The average molecular weight is 321 g/mol. The molecule has 1 aliphatic carbocycles. The van der Waals surface area contributed by atoms with Gasteiger partial charge in [-0.1, -0.05) is 18.0 Å². The van der Waals surface area contributed by atoms with Crippen molar-refractivity contribution in [1.29, 1.82) is 0 Å². The van der Waals surface area contributed by atoms with Gasteiger partial charge in [-0.15, -0.1) is 0 Å². The van der Waals surface area contributed by atoms with E-state index in [1.807, 2.05) is 0 Å². The van der Waals surface area contributed by atoms with Crippen molar-refractivity contribution >= 4 is 11.9 Å². The number of aromatic nitrogens is 2. The molecule has 1 saturated heterocycles. The molecule has 23 heavy (non-hydrogen) atoms. The van der Waals surface area contributed by atoms with E-state index in [4.69, 9.17) is 9.63 Å². The second-order valence-corrected chi connectivity index (χ2v) is 6.54. The number of hydrogen-bond donors (Lipinski definition) is 1. The Balaban J connectivity index is 1.49. The average Bonchev–Trinajstić information content (AvgIpc) is 3.23. The van der Waals surface area contributed by atoms with Crippen LogP contribution in [-0.2, 0) is 16.0 Å². The van der Waals surface area contributed by atoms with Crippen LogP contribution in [0.4, 0.5) is 0 Å². The lowest BCUT2D eigenvalue weighted by Crippen LogP contribution is -2.42. The van der Waals surface area contributed by atoms with Crippen molar-refractivity contribution in [3.8, 4) is 0 Å². The molecule has 2 fully saturated rings. The number of carboxylic acid groups (broad SMARTS) is 1. The van der Waals surface area contributed by atoms with E-state index in [2.05, 4.69) is 10.1 Å². The number of nitrogens with zero attached hydrogens (tertiary/aromatic N) is 3. The van der Waals surface area contributed by atoms with Gasteiger partial charge in [0.05, 0.1) is 5.92 Å². The summed E-state index contributed by atoms with van der Waals surface area (Å²) in [4.78, 5) is 29.4. The molecule has 1 saturated carbocycles. The highest BCUT2D eigenvalue weighted by Crippen LogP contribution is 2.32. The predicted octanol–water partition coefficient (Wildman–Crippen LogP) is 1.98. The fourth-order valence-electron chi connectivity index (χ4n) is 3.50. The fourth-order valence-corrected chi connectivity index (χ4v) is 3.50. The first-order valence-corrected chi connectivity index (χ1v) is 8.46. The largest absolute Gasteiger partial charge is 0.481 e. The Kier molecular flexibility index (Phi) is 4.93. The highest BCUT2D eigenvalue weighted by atomic mass is 16.5. The minimum atomic E-state index is -0.819. The minimum Gasteiger partial charge on any atom is -0.481 e. The topological polar surface area (TPSA) is 96.5 Å². The van der Waals surface area contributed by atoms with Crippen LogP contribution < -0.4 is 0 Å². The second kappa shape index (κ2) is 7.10. The van der Waals surface area contributed by atoms with Crippen LogP contribution >= 0.6 is 0 Å². The van der Waals surface area contributed by atoms with E-state index < -0.39 is 11.9 Å². The van der Waals surface area contributed by atoms with Gasteiger partial charge in [0.1, 0.15) is 0 Å². The molecular weight excluding hydrogens is 298 g/mol. The number of carbonyl (C=O) groups is 2. The number of aliphatic carboxylic acids is 1. The molecule has 0 aromatic carbocycles. The molecule has 1 aromatic heterocycles. The lowest BCUT2D eigenvalue weighted by Gasteiger charge is -2.30. The van der Waals surface area contributed by atoms with Crippen LogP contribution in [0.3, 0.4) is 0 Å². The third kappa shape index (κ3) is 3.89. The summed E-state index contributed by atoms with van der Waals surface area (Å²) in [5.74, 6) is 0.393. The first-order valence-electron chi connectivity index (χ1n) is 8.46. The second-order valence-electron chi connectivity index (χ2n) is 6.54. The molecule has 1 atom stereocenters. The van der Waals surface area contributed by atoms with E-state index in [9.17, 15) is 9.59 Å². The maximum atomic E-state index is 12.2. The van der Waals surface area contributed by atoms with Crippen LogP contribution in [0.25, 0.3) is 0 Å². The lowest BCUT2D eigenvalue weighted by molar-refractivity contribution is -0.145. The Morgan fingerprint density at radius 1 is 1.22 bits per heavy atom. The minimum absolute atomic E-state index is 0.0310. The van der Waals surface area contributed by atoms with Gasteiger partial charge in [0.25, 0.3) is 0 Å². The molecule has 0 radical (unpaired) electrons. The van der Waals surface area contributed by atoms with E-state index in [1.165, 1.54) is 12.8 Å². The Labute approximate surface area is 135 Å². The summed E-state index contributed by atoms with van der Waals surface area (Å²) >= 11 is 0. The van der Waals surface area contributed by atoms with Crippen LogP contribution in [-0.4, -0.2) is 45.1 Å². The summed E-state index contributed by atoms with van der Waals surface area (Å²) in [6.07, 6.45) is 6.76. The van der Waals surface area contributed by atoms with Crippen molar-refractivity contribution in [3.05, 3.63) is 11.7 Å². The van der Waals surface area contributed by atoms with Gasteiger partial charge in [-0.3, -0.25) is 9.59 Å². The monoisotopic (exact) mass is 321 g/mol. The third-order valence-electron chi connectivity index (χ3n) is 4.88. The van der Waals surface area contributed by atoms with Gasteiger partial charge in [0.15, 0.2) is 5.82 Å².